The van der Waals surface area contributed by atoms with Crippen molar-refractivity contribution in [1.82, 2.24) is 24.4 Å². The van der Waals surface area contributed by atoms with E-state index in [-0.39, 0.29) is 17.7 Å². The quantitative estimate of drug-likeness (QED) is 0.239. The minimum absolute atomic E-state index is 0.112. The Kier molecular flexibility index (Phi) is 7.65. The summed E-state index contributed by atoms with van der Waals surface area (Å²) in [6.07, 6.45) is 4.45. The second kappa shape index (κ2) is 11.4. The molecule has 2 atom stereocenters. The molecule has 1 N–H and O–H groups in total. The van der Waals surface area contributed by atoms with Gasteiger partial charge in [-0.3, -0.25) is 13.6 Å². The summed E-state index contributed by atoms with van der Waals surface area (Å²) in [6.45, 7) is 4.08. The largest absolute Gasteiger partial charge is 0.324 e. The fourth-order valence-corrected chi connectivity index (χ4v) is 6.88. The van der Waals surface area contributed by atoms with E-state index in [1.54, 1.807) is 31.5 Å². The van der Waals surface area contributed by atoms with Crippen LogP contribution in [-0.4, -0.2) is 60.4 Å². The van der Waals surface area contributed by atoms with Crippen LogP contribution < -0.4 is 10.9 Å². The maximum absolute atomic E-state index is 15.4. The van der Waals surface area contributed by atoms with E-state index in [2.05, 4.69) is 45.2 Å². The van der Waals surface area contributed by atoms with Crippen LogP contribution in [0.15, 0.2) is 76.0 Å². The summed E-state index contributed by atoms with van der Waals surface area (Å²) in [6, 6.07) is 14.2. The Morgan fingerprint density at radius 1 is 1.14 bits per heavy atom. The lowest BCUT2D eigenvalue weighted by Gasteiger charge is -2.14. The normalized spacial score (nSPS) is 17.0. The number of aromatic nitrogens is 4. The molecule has 5 aromatic rings. The zero-order valence-electron chi connectivity index (χ0n) is 23.4. The van der Waals surface area contributed by atoms with Crippen LogP contribution in [-0.2, 0) is 16.1 Å². The van der Waals surface area contributed by atoms with Crippen LogP contribution in [0.5, 0.6) is 0 Å². The van der Waals surface area contributed by atoms with Crippen LogP contribution in [0.3, 0.4) is 0 Å². The molecular weight excluding hydrogens is 572 g/mol. The molecule has 3 aromatic heterocycles. The molecule has 2 aromatic carbocycles. The molecule has 1 aliphatic heterocycles. The van der Waals surface area contributed by atoms with Gasteiger partial charge in [0.15, 0.2) is 0 Å². The molecule has 8 nitrogen and oxygen atoms in total. The number of rotatable bonds is 8. The molecule has 1 saturated heterocycles. The van der Waals surface area contributed by atoms with E-state index in [1.807, 2.05) is 17.5 Å². The Balaban J connectivity index is 1.38. The van der Waals surface area contributed by atoms with Crippen molar-refractivity contribution < 1.29 is 8.60 Å². The number of halogens is 1. The maximum Gasteiger partial charge on any atom is 0.260 e. The van der Waals surface area contributed by atoms with E-state index in [0.29, 0.717) is 38.6 Å². The first kappa shape index (κ1) is 28.2. The van der Waals surface area contributed by atoms with E-state index in [9.17, 15) is 9.00 Å². The number of fused-ring (bicyclic) bond motifs is 1. The van der Waals surface area contributed by atoms with Gasteiger partial charge in [0, 0.05) is 51.6 Å². The number of hydrogen-bond donors (Lipinski definition) is 1. The molecular formula is C31H31FN6O2S2. The molecule has 42 heavy (non-hydrogen) atoms. The van der Waals surface area contributed by atoms with Crippen molar-refractivity contribution in [1.29, 1.82) is 0 Å². The third kappa shape index (κ3) is 5.59. The summed E-state index contributed by atoms with van der Waals surface area (Å²) in [4.78, 5) is 30.1. The van der Waals surface area contributed by atoms with Gasteiger partial charge < -0.3 is 10.2 Å². The second-order valence-electron chi connectivity index (χ2n) is 10.6. The van der Waals surface area contributed by atoms with Crippen LogP contribution in [0.4, 0.5) is 16.0 Å². The molecule has 1 aliphatic rings. The fraction of sp³-hybridized carbons (Fsp3) is 0.258. The predicted molar refractivity (Wildman–Crippen MR) is 169 cm³/mol. The number of nitrogens with zero attached hydrogens (tertiary/aromatic N) is 5. The van der Waals surface area contributed by atoms with Crippen molar-refractivity contribution in [2.75, 3.05) is 31.2 Å². The Hall–Kier alpha value is -3.93. The molecule has 6 rings (SSSR count). The molecule has 2 unspecified atom stereocenters. The zero-order chi connectivity index (χ0) is 29.4. The van der Waals surface area contributed by atoms with Crippen LogP contribution >= 0.6 is 11.3 Å². The first-order valence-corrected chi connectivity index (χ1v) is 16.5. The van der Waals surface area contributed by atoms with Gasteiger partial charge in [0.25, 0.3) is 5.56 Å². The van der Waals surface area contributed by atoms with Gasteiger partial charge in [0.1, 0.15) is 16.5 Å². The first-order chi connectivity index (χ1) is 20.2. The number of pyridine rings is 1. The molecule has 0 radical (unpaired) electrons. The molecule has 0 aliphatic carbocycles. The molecule has 4 heterocycles. The lowest BCUT2D eigenvalue weighted by atomic mass is 9.98. The maximum atomic E-state index is 15.4. The van der Waals surface area contributed by atoms with Gasteiger partial charge in [-0.1, -0.05) is 25.1 Å². The summed E-state index contributed by atoms with van der Waals surface area (Å²) in [5.74, 6) is 4.27. The van der Waals surface area contributed by atoms with E-state index in [1.165, 1.54) is 33.6 Å². The van der Waals surface area contributed by atoms with Crippen molar-refractivity contribution >= 4 is 49.4 Å². The van der Waals surface area contributed by atoms with Crippen LogP contribution in [0.25, 0.3) is 22.2 Å². The van der Waals surface area contributed by atoms with Gasteiger partial charge in [-0.25, -0.2) is 14.4 Å². The average Bonchev–Trinajstić information content (AvgIpc) is 3.67. The summed E-state index contributed by atoms with van der Waals surface area (Å²) in [7, 11) is -0.461. The fourth-order valence-electron chi connectivity index (χ4n) is 5.31. The Morgan fingerprint density at radius 3 is 2.62 bits per heavy atom. The molecule has 216 valence electrons. The second-order valence-corrected chi connectivity index (χ2v) is 14.2. The summed E-state index contributed by atoms with van der Waals surface area (Å²) < 4.78 is 29.6. The third-order valence-electron chi connectivity index (χ3n) is 7.76. The first-order valence-electron chi connectivity index (χ1n) is 13.7. The number of nitrogens with one attached hydrogen (secondary N) is 1. The van der Waals surface area contributed by atoms with Crippen molar-refractivity contribution in [3.05, 3.63) is 93.0 Å². The van der Waals surface area contributed by atoms with Crippen molar-refractivity contribution in [3.8, 4) is 11.1 Å². The molecule has 0 amide bonds. The summed E-state index contributed by atoms with van der Waals surface area (Å²) in [5.41, 5.74) is 2.41. The minimum Gasteiger partial charge on any atom is -0.324 e. The van der Waals surface area contributed by atoms with E-state index < -0.39 is 20.9 Å². The van der Waals surface area contributed by atoms with E-state index >= 15 is 4.39 Å². The van der Waals surface area contributed by atoms with Gasteiger partial charge in [-0.2, -0.15) is 4.98 Å². The molecule has 1 fully saturated rings. The lowest BCUT2D eigenvalue weighted by molar-refractivity contribution is 0.411. The van der Waals surface area contributed by atoms with Crippen molar-refractivity contribution in [2.45, 2.75) is 30.7 Å². The average molecular weight is 603 g/mol. The SMILES string of the molecule is C=S(=O)(CC)c1ccc(-c2cc3cnc(Nc4ccc(C5CCN(C)C5)cc4)nc3n(Cc3nccs3)c2=O)c(F)c1. The van der Waals surface area contributed by atoms with Gasteiger partial charge >= 0.3 is 0 Å². The van der Waals surface area contributed by atoms with Crippen molar-refractivity contribution in [3.63, 3.8) is 0 Å². The smallest absolute Gasteiger partial charge is 0.260 e. The number of likely N-dealkylation sites (tertiary alicyclic amines) is 1. The number of thiazole rings is 1. The number of hydrogen-bond acceptors (Lipinski definition) is 8. The Morgan fingerprint density at radius 2 is 1.95 bits per heavy atom. The monoisotopic (exact) mass is 602 g/mol. The van der Waals surface area contributed by atoms with Gasteiger partial charge in [0.05, 0.1) is 12.1 Å². The van der Waals surface area contributed by atoms with Crippen LogP contribution in [0.2, 0.25) is 0 Å². The highest BCUT2D eigenvalue weighted by Crippen LogP contribution is 2.29. The molecule has 11 heteroatoms. The van der Waals surface area contributed by atoms with E-state index in [0.717, 1.165) is 25.2 Å². The Bertz CT molecular complexity index is 1920. The molecule has 0 bridgehead atoms. The number of likely N-dealkylation sites (N-methyl/N-ethyl adjacent to an activating group) is 1. The summed E-state index contributed by atoms with van der Waals surface area (Å²) >= 11 is 1.42. The highest BCUT2D eigenvalue weighted by molar-refractivity contribution is 8.00. The highest BCUT2D eigenvalue weighted by atomic mass is 32.2. The molecule has 0 spiro atoms. The highest BCUT2D eigenvalue weighted by Gasteiger charge is 2.21. The predicted octanol–water partition coefficient (Wildman–Crippen LogP) is 5.36. The van der Waals surface area contributed by atoms with Crippen LogP contribution in [0, 0.1) is 5.82 Å². The van der Waals surface area contributed by atoms with Gasteiger partial charge in [-0.05, 0) is 77.2 Å². The minimum atomic E-state index is -2.61. The Labute approximate surface area is 247 Å². The van der Waals surface area contributed by atoms with Gasteiger partial charge in [-0.15, -0.1) is 11.3 Å². The third-order valence-corrected chi connectivity index (χ3v) is 10.6. The lowest BCUT2D eigenvalue weighted by Crippen LogP contribution is -2.24. The van der Waals surface area contributed by atoms with E-state index in [4.69, 9.17) is 4.98 Å². The number of benzene rings is 2. The number of anilines is 2. The molecule has 0 saturated carbocycles. The topological polar surface area (TPSA) is 93.0 Å². The van der Waals surface area contributed by atoms with Gasteiger partial charge in [0.2, 0.25) is 5.95 Å². The standard InChI is InChI=1S/C31H31FN6O2S2/c1-4-42(3,40)24-9-10-25(27(32)16-24)26-15-22-17-34-31(36-29(22)38(30(26)39)19-28-33-12-14-41-28)35-23-7-5-20(6-8-23)21-11-13-37(2)18-21/h5-10,12,14-17,21H,3-4,11,13,18-19H2,1-2H3,(H,34,35,36). The zero-order valence-corrected chi connectivity index (χ0v) is 25.1. The van der Waals surface area contributed by atoms with Crippen LogP contribution in [0.1, 0.15) is 29.8 Å². The summed E-state index contributed by atoms with van der Waals surface area (Å²) in [5, 5.41) is 6.38. The van der Waals surface area contributed by atoms with Crippen molar-refractivity contribution in [2.24, 2.45) is 0 Å².